The number of hydrogen-bond donors (Lipinski definition) is 0. The van der Waals surface area contributed by atoms with Crippen LogP contribution in [0.4, 0.5) is 0 Å². The molecule has 0 saturated carbocycles. The summed E-state index contributed by atoms with van der Waals surface area (Å²) in [6, 6.07) is 9.77. The highest BCUT2D eigenvalue weighted by atomic mass is 35.5. The molecule has 1 fully saturated rings. The minimum atomic E-state index is -0.416. The highest BCUT2D eigenvalue weighted by Crippen LogP contribution is 2.29. The molecule has 1 aromatic carbocycles. The molecule has 2 atom stereocenters. The molecular weight excluding hydrogens is 238 g/mol. The zero-order chi connectivity index (χ0) is 12.4. The monoisotopic (exact) mass is 251 g/mol. The van der Waals surface area contributed by atoms with Gasteiger partial charge in [0.25, 0.3) is 0 Å². The van der Waals surface area contributed by atoms with E-state index in [1.807, 2.05) is 37.3 Å². The molecule has 4 heteroatoms. The van der Waals surface area contributed by atoms with E-state index in [2.05, 4.69) is 0 Å². The van der Waals surface area contributed by atoms with E-state index >= 15 is 0 Å². The van der Waals surface area contributed by atoms with Gasteiger partial charge in [-0.3, -0.25) is 9.59 Å². The third-order valence-electron chi connectivity index (χ3n) is 3.23. The predicted octanol–water partition coefficient (Wildman–Crippen LogP) is 2.36. The maximum Gasteiger partial charge on any atom is 0.227 e. The second-order valence-electron chi connectivity index (χ2n) is 4.34. The first kappa shape index (κ1) is 12.1. The lowest BCUT2D eigenvalue weighted by Gasteiger charge is -2.24. The molecule has 3 nitrogen and oxygen atoms in total. The van der Waals surface area contributed by atoms with Crippen LogP contribution in [0.1, 0.15) is 24.9 Å². The lowest BCUT2D eigenvalue weighted by molar-refractivity contribution is -0.129. The van der Waals surface area contributed by atoms with Crippen molar-refractivity contribution in [2.24, 2.45) is 5.92 Å². The molecule has 0 aliphatic carbocycles. The summed E-state index contributed by atoms with van der Waals surface area (Å²) in [5.41, 5.74) is 1.07. The molecule has 0 spiro atoms. The summed E-state index contributed by atoms with van der Waals surface area (Å²) in [6.45, 7) is 2.39. The van der Waals surface area contributed by atoms with E-state index in [0.717, 1.165) is 5.56 Å². The van der Waals surface area contributed by atoms with Crippen LogP contribution in [0.15, 0.2) is 30.3 Å². The number of amides is 1. The topological polar surface area (TPSA) is 37.4 Å². The number of halogens is 1. The highest BCUT2D eigenvalue weighted by molar-refractivity contribution is 6.64. The van der Waals surface area contributed by atoms with Gasteiger partial charge in [-0.1, -0.05) is 30.3 Å². The van der Waals surface area contributed by atoms with E-state index in [-0.39, 0.29) is 24.3 Å². The SMILES string of the molecule is CC(c1ccccc1)N1CC(C(=O)Cl)CC1=O. The smallest absolute Gasteiger partial charge is 0.227 e. The van der Waals surface area contributed by atoms with Crippen LogP contribution in [0.25, 0.3) is 0 Å². The Bertz CT molecular complexity index is 432. The van der Waals surface area contributed by atoms with Crippen molar-refractivity contribution in [3.05, 3.63) is 35.9 Å². The number of rotatable bonds is 3. The molecular formula is C13H14ClNO2. The van der Waals surface area contributed by atoms with Gasteiger partial charge in [-0.2, -0.15) is 0 Å². The first-order valence-electron chi connectivity index (χ1n) is 5.63. The second-order valence-corrected chi connectivity index (χ2v) is 4.71. The summed E-state index contributed by atoms with van der Waals surface area (Å²) in [5.74, 6) is -0.351. The Kier molecular flexibility index (Phi) is 3.48. The summed E-state index contributed by atoms with van der Waals surface area (Å²) in [7, 11) is 0. The molecule has 1 aliphatic heterocycles. The van der Waals surface area contributed by atoms with Crippen LogP contribution in [0.5, 0.6) is 0 Å². The van der Waals surface area contributed by atoms with Crippen LogP contribution in [0, 0.1) is 5.92 Å². The fourth-order valence-electron chi connectivity index (χ4n) is 2.17. The fraction of sp³-hybridized carbons (Fsp3) is 0.385. The van der Waals surface area contributed by atoms with E-state index in [1.54, 1.807) is 4.90 Å². The molecule has 0 bridgehead atoms. The Balaban J connectivity index is 2.14. The lowest BCUT2D eigenvalue weighted by Crippen LogP contribution is -2.28. The molecule has 2 unspecified atom stereocenters. The van der Waals surface area contributed by atoms with Crippen molar-refractivity contribution in [1.29, 1.82) is 0 Å². The Morgan fingerprint density at radius 2 is 2.06 bits per heavy atom. The molecule has 2 rings (SSSR count). The maximum absolute atomic E-state index is 11.8. The molecule has 1 aliphatic rings. The average Bonchev–Trinajstić information content (AvgIpc) is 2.72. The van der Waals surface area contributed by atoms with Gasteiger partial charge in [-0.15, -0.1) is 0 Å². The van der Waals surface area contributed by atoms with Gasteiger partial charge in [-0.25, -0.2) is 0 Å². The van der Waals surface area contributed by atoms with E-state index in [9.17, 15) is 9.59 Å². The number of benzene rings is 1. The first-order chi connectivity index (χ1) is 8.09. The Labute approximate surface area is 105 Å². The summed E-state index contributed by atoms with van der Waals surface area (Å²) < 4.78 is 0. The maximum atomic E-state index is 11.8. The highest BCUT2D eigenvalue weighted by Gasteiger charge is 2.36. The predicted molar refractivity (Wildman–Crippen MR) is 65.5 cm³/mol. The third-order valence-corrected chi connectivity index (χ3v) is 3.54. The van der Waals surface area contributed by atoms with Crippen molar-refractivity contribution in [2.45, 2.75) is 19.4 Å². The van der Waals surface area contributed by atoms with Crippen molar-refractivity contribution in [1.82, 2.24) is 4.90 Å². The van der Waals surface area contributed by atoms with Crippen LogP contribution in [-0.4, -0.2) is 22.6 Å². The Morgan fingerprint density at radius 1 is 1.41 bits per heavy atom. The van der Waals surface area contributed by atoms with E-state index in [1.165, 1.54) is 0 Å². The van der Waals surface area contributed by atoms with E-state index < -0.39 is 5.24 Å². The summed E-state index contributed by atoms with van der Waals surface area (Å²) in [5, 5.41) is -0.416. The molecule has 0 radical (unpaired) electrons. The van der Waals surface area contributed by atoms with Crippen molar-refractivity contribution >= 4 is 22.8 Å². The minimum Gasteiger partial charge on any atom is -0.335 e. The lowest BCUT2D eigenvalue weighted by atomic mass is 10.1. The van der Waals surface area contributed by atoms with E-state index in [0.29, 0.717) is 6.54 Å². The fourth-order valence-corrected chi connectivity index (χ4v) is 2.32. The molecule has 1 saturated heterocycles. The van der Waals surface area contributed by atoms with Gasteiger partial charge in [0.05, 0.1) is 12.0 Å². The standard InChI is InChI=1S/C13H14ClNO2/c1-9(10-5-3-2-4-6-10)15-8-11(13(14)17)7-12(15)16/h2-6,9,11H,7-8H2,1H3. The zero-order valence-corrected chi connectivity index (χ0v) is 10.4. The number of nitrogens with zero attached hydrogens (tertiary/aromatic N) is 1. The van der Waals surface area contributed by atoms with Crippen molar-refractivity contribution in [2.75, 3.05) is 6.54 Å². The summed E-state index contributed by atoms with van der Waals surface area (Å²) in [4.78, 5) is 24.6. The van der Waals surface area contributed by atoms with Crippen molar-refractivity contribution < 1.29 is 9.59 Å². The normalized spacial score (nSPS) is 21.6. The first-order valence-corrected chi connectivity index (χ1v) is 6.01. The number of likely N-dealkylation sites (tertiary alicyclic amines) is 1. The van der Waals surface area contributed by atoms with Gasteiger partial charge in [0.15, 0.2) is 0 Å². The van der Waals surface area contributed by atoms with Gasteiger partial charge in [0, 0.05) is 13.0 Å². The van der Waals surface area contributed by atoms with Crippen LogP contribution >= 0.6 is 11.6 Å². The molecule has 0 aromatic heterocycles. The molecule has 0 N–H and O–H groups in total. The quantitative estimate of drug-likeness (QED) is 0.774. The number of carbonyl (C=O) groups excluding carboxylic acids is 2. The van der Waals surface area contributed by atoms with Crippen LogP contribution in [0.2, 0.25) is 0 Å². The van der Waals surface area contributed by atoms with Gasteiger partial charge in [0.2, 0.25) is 11.1 Å². The number of carbonyl (C=O) groups is 2. The third kappa shape index (κ3) is 2.50. The van der Waals surface area contributed by atoms with Crippen LogP contribution < -0.4 is 0 Å². The summed E-state index contributed by atoms with van der Waals surface area (Å²) in [6.07, 6.45) is 0.236. The van der Waals surface area contributed by atoms with Crippen LogP contribution in [0.3, 0.4) is 0 Å². The molecule has 1 heterocycles. The van der Waals surface area contributed by atoms with Gasteiger partial charge in [0.1, 0.15) is 0 Å². The number of hydrogen-bond acceptors (Lipinski definition) is 2. The van der Waals surface area contributed by atoms with E-state index in [4.69, 9.17) is 11.6 Å². The summed E-state index contributed by atoms with van der Waals surface area (Å²) >= 11 is 5.45. The second kappa shape index (κ2) is 4.88. The van der Waals surface area contributed by atoms with Crippen molar-refractivity contribution in [3.8, 4) is 0 Å². The molecule has 17 heavy (non-hydrogen) atoms. The zero-order valence-electron chi connectivity index (χ0n) is 9.60. The Morgan fingerprint density at radius 3 is 2.59 bits per heavy atom. The van der Waals surface area contributed by atoms with Gasteiger partial charge >= 0.3 is 0 Å². The molecule has 1 amide bonds. The largest absolute Gasteiger partial charge is 0.335 e. The molecule has 1 aromatic rings. The average molecular weight is 252 g/mol. The van der Waals surface area contributed by atoms with Gasteiger partial charge in [-0.05, 0) is 24.1 Å². The van der Waals surface area contributed by atoms with Gasteiger partial charge < -0.3 is 4.90 Å². The Hall–Kier alpha value is -1.35. The molecule has 90 valence electrons. The van der Waals surface area contributed by atoms with Crippen molar-refractivity contribution in [3.63, 3.8) is 0 Å². The van der Waals surface area contributed by atoms with Crippen LogP contribution in [-0.2, 0) is 9.59 Å². The minimum absolute atomic E-state index is 0.000327.